The molecule has 1 fully saturated rings. The molecule has 4 heteroatoms. The summed E-state index contributed by atoms with van der Waals surface area (Å²) in [7, 11) is 0. The second-order valence-corrected chi connectivity index (χ2v) is 5.16. The molecule has 0 saturated carbocycles. The number of hydrogen-bond acceptors (Lipinski definition) is 4. The van der Waals surface area contributed by atoms with Crippen LogP contribution in [0.3, 0.4) is 0 Å². The van der Waals surface area contributed by atoms with Gasteiger partial charge in [-0.25, -0.2) is 0 Å². The highest BCUT2D eigenvalue weighted by atomic mass is 16.5. The van der Waals surface area contributed by atoms with Gasteiger partial charge in [-0.3, -0.25) is 9.59 Å². The number of aliphatic hydroxyl groups is 1. The van der Waals surface area contributed by atoms with Crippen molar-refractivity contribution in [2.75, 3.05) is 13.2 Å². The number of hydrogen-bond donors (Lipinski definition) is 1. The monoisotopic (exact) mass is 242 g/mol. The van der Waals surface area contributed by atoms with E-state index in [0.717, 1.165) is 19.3 Å². The van der Waals surface area contributed by atoms with Gasteiger partial charge >= 0.3 is 5.97 Å². The van der Waals surface area contributed by atoms with Gasteiger partial charge in [-0.05, 0) is 12.3 Å². The molecule has 98 valence electrons. The van der Waals surface area contributed by atoms with Crippen molar-refractivity contribution in [2.45, 2.75) is 39.5 Å². The van der Waals surface area contributed by atoms with Crippen LogP contribution in [0.4, 0.5) is 0 Å². The van der Waals surface area contributed by atoms with Gasteiger partial charge < -0.3 is 9.84 Å². The zero-order chi connectivity index (χ0) is 12.8. The normalized spacial score (nSPS) is 24.1. The van der Waals surface area contributed by atoms with Crippen LogP contribution in [0.25, 0.3) is 0 Å². The average Bonchev–Trinajstić information content (AvgIpc) is 2.65. The molecule has 0 bridgehead atoms. The van der Waals surface area contributed by atoms with Crippen LogP contribution < -0.4 is 0 Å². The summed E-state index contributed by atoms with van der Waals surface area (Å²) < 4.78 is 4.81. The Balaban J connectivity index is 2.33. The Morgan fingerprint density at radius 1 is 1.47 bits per heavy atom. The van der Waals surface area contributed by atoms with E-state index in [1.807, 2.05) is 0 Å². The van der Waals surface area contributed by atoms with Gasteiger partial charge in [0.05, 0.1) is 13.2 Å². The van der Waals surface area contributed by atoms with E-state index in [1.165, 1.54) is 0 Å². The molecular formula is C13H22O4. The fraction of sp³-hybridized carbons (Fsp3) is 0.846. The SMILES string of the molecule is CC(C)CCCCC(=O)[C@@H]1C(=O)OCC1CO. The minimum Gasteiger partial charge on any atom is -0.465 e. The lowest BCUT2D eigenvalue weighted by Gasteiger charge is -2.11. The molecule has 0 aromatic rings. The summed E-state index contributed by atoms with van der Waals surface area (Å²) in [5.74, 6) is -0.945. The number of ketones is 1. The van der Waals surface area contributed by atoms with E-state index in [-0.39, 0.29) is 24.9 Å². The van der Waals surface area contributed by atoms with E-state index in [4.69, 9.17) is 9.84 Å². The standard InChI is InChI=1S/C13H22O4/c1-9(2)5-3-4-6-11(15)12-10(7-14)8-17-13(12)16/h9-10,12,14H,3-8H2,1-2H3/t10?,12-/m1/s1. The second kappa shape index (κ2) is 6.74. The number of cyclic esters (lactones) is 1. The van der Waals surface area contributed by atoms with Crippen molar-refractivity contribution in [1.82, 2.24) is 0 Å². The van der Waals surface area contributed by atoms with Gasteiger partial charge in [0.25, 0.3) is 0 Å². The van der Waals surface area contributed by atoms with Crippen molar-refractivity contribution in [3.63, 3.8) is 0 Å². The number of Topliss-reactive ketones (excluding diaryl/α,β-unsaturated/α-hetero) is 1. The number of rotatable bonds is 7. The lowest BCUT2D eigenvalue weighted by Crippen LogP contribution is -2.27. The number of carbonyl (C=O) groups is 2. The first-order valence-corrected chi connectivity index (χ1v) is 6.36. The minimum absolute atomic E-state index is 0.0738. The maximum absolute atomic E-state index is 11.9. The Morgan fingerprint density at radius 2 is 2.18 bits per heavy atom. The summed E-state index contributed by atoms with van der Waals surface area (Å²) in [5, 5.41) is 9.06. The van der Waals surface area contributed by atoms with E-state index < -0.39 is 11.9 Å². The number of unbranched alkanes of at least 4 members (excludes halogenated alkanes) is 1. The fourth-order valence-corrected chi connectivity index (χ4v) is 2.13. The van der Waals surface area contributed by atoms with Crippen LogP contribution in [-0.2, 0) is 14.3 Å². The van der Waals surface area contributed by atoms with E-state index >= 15 is 0 Å². The quantitative estimate of drug-likeness (QED) is 0.418. The van der Waals surface area contributed by atoms with Crippen LogP contribution in [-0.4, -0.2) is 30.1 Å². The van der Waals surface area contributed by atoms with Crippen molar-refractivity contribution in [3.05, 3.63) is 0 Å². The van der Waals surface area contributed by atoms with Crippen LogP contribution in [0.2, 0.25) is 0 Å². The zero-order valence-corrected chi connectivity index (χ0v) is 10.6. The molecule has 0 aromatic carbocycles. The van der Waals surface area contributed by atoms with Crippen molar-refractivity contribution >= 4 is 11.8 Å². The maximum Gasteiger partial charge on any atom is 0.316 e. The molecule has 1 aliphatic rings. The molecule has 1 heterocycles. The van der Waals surface area contributed by atoms with E-state index in [2.05, 4.69) is 13.8 Å². The molecule has 1 rings (SSSR count). The van der Waals surface area contributed by atoms with Crippen LogP contribution in [0, 0.1) is 17.8 Å². The number of esters is 1. The van der Waals surface area contributed by atoms with Gasteiger partial charge in [0.2, 0.25) is 0 Å². The molecule has 0 radical (unpaired) electrons. The molecule has 2 atom stereocenters. The molecular weight excluding hydrogens is 220 g/mol. The second-order valence-electron chi connectivity index (χ2n) is 5.16. The summed E-state index contributed by atoms with van der Waals surface area (Å²) in [6.45, 7) is 4.32. The Labute approximate surface area is 102 Å². The lowest BCUT2D eigenvalue weighted by molar-refractivity contribution is -0.144. The Bertz CT molecular complexity index is 273. The first-order valence-electron chi connectivity index (χ1n) is 6.36. The molecule has 1 aliphatic heterocycles. The Hall–Kier alpha value is -0.900. The predicted molar refractivity (Wildman–Crippen MR) is 63.3 cm³/mol. The van der Waals surface area contributed by atoms with E-state index in [9.17, 15) is 9.59 Å². The third-order valence-electron chi connectivity index (χ3n) is 3.20. The first kappa shape index (κ1) is 14.2. The minimum atomic E-state index is -0.723. The fourth-order valence-electron chi connectivity index (χ4n) is 2.13. The molecule has 1 saturated heterocycles. The summed E-state index contributed by atoms with van der Waals surface area (Å²) >= 11 is 0. The number of carbonyl (C=O) groups excluding carboxylic acids is 2. The third kappa shape index (κ3) is 4.11. The predicted octanol–water partition coefficient (Wildman–Crippen LogP) is 1.55. The summed E-state index contributed by atoms with van der Waals surface area (Å²) in [4.78, 5) is 23.2. The summed E-state index contributed by atoms with van der Waals surface area (Å²) in [6, 6.07) is 0. The molecule has 0 aliphatic carbocycles. The summed E-state index contributed by atoms with van der Waals surface area (Å²) in [5.41, 5.74) is 0. The van der Waals surface area contributed by atoms with Gasteiger partial charge in [0.1, 0.15) is 11.7 Å². The van der Waals surface area contributed by atoms with Crippen molar-refractivity contribution < 1.29 is 19.4 Å². The van der Waals surface area contributed by atoms with Gasteiger partial charge in [0.15, 0.2) is 0 Å². The highest BCUT2D eigenvalue weighted by Crippen LogP contribution is 2.24. The summed E-state index contributed by atoms with van der Waals surface area (Å²) in [6.07, 6.45) is 3.35. The Morgan fingerprint density at radius 3 is 2.76 bits per heavy atom. The van der Waals surface area contributed by atoms with Crippen LogP contribution >= 0.6 is 0 Å². The molecule has 4 nitrogen and oxygen atoms in total. The maximum atomic E-state index is 11.9. The lowest BCUT2D eigenvalue weighted by atomic mass is 9.89. The van der Waals surface area contributed by atoms with Crippen LogP contribution in [0.15, 0.2) is 0 Å². The molecule has 1 unspecified atom stereocenters. The first-order chi connectivity index (χ1) is 8.06. The molecule has 1 N–H and O–H groups in total. The van der Waals surface area contributed by atoms with Crippen LogP contribution in [0.1, 0.15) is 39.5 Å². The molecule has 0 amide bonds. The van der Waals surface area contributed by atoms with Gasteiger partial charge in [0, 0.05) is 12.3 Å². The highest BCUT2D eigenvalue weighted by Gasteiger charge is 2.41. The number of aliphatic hydroxyl groups excluding tert-OH is 1. The third-order valence-corrected chi connectivity index (χ3v) is 3.20. The highest BCUT2D eigenvalue weighted by molar-refractivity contribution is 6.00. The van der Waals surface area contributed by atoms with Crippen molar-refractivity contribution in [3.8, 4) is 0 Å². The van der Waals surface area contributed by atoms with E-state index in [1.54, 1.807) is 0 Å². The zero-order valence-electron chi connectivity index (χ0n) is 10.6. The Kier molecular flexibility index (Phi) is 5.62. The largest absolute Gasteiger partial charge is 0.465 e. The van der Waals surface area contributed by atoms with Crippen LogP contribution in [0.5, 0.6) is 0 Å². The molecule has 0 aromatic heterocycles. The molecule has 0 spiro atoms. The number of ether oxygens (including phenoxy) is 1. The van der Waals surface area contributed by atoms with Gasteiger partial charge in [-0.1, -0.05) is 26.7 Å². The topological polar surface area (TPSA) is 63.6 Å². The molecule has 17 heavy (non-hydrogen) atoms. The van der Waals surface area contributed by atoms with Gasteiger partial charge in [-0.15, -0.1) is 0 Å². The van der Waals surface area contributed by atoms with E-state index in [0.29, 0.717) is 12.3 Å². The smallest absolute Gasteiger partial charge is 0.316 e. The van der Waals surface area contributed by atoms with Crippen molar-refractivity contribution in [1.29, 1.82) is 0 Å². The van der Waals surface area contributed by atoms with Crippen molar-refractivity contribution in [2.24, 2.45) is 17.8 Å². The average molecular weight is 242 g/mol. The van der Waals surface area contributed by atoms with Gasteiger partial charge in [-0.2, -0.15) is 0 Å².